The van der Waals surface area contributed by atoms with Crippen LogP contribution in [0.5, 0.6) is 0 Å². The topological polar surface area (TPSA) is 68.8 Å². The fraction of sp³-hybridized carbons (Fsp3) is 0.108. The number of anilines is 6. The molecular weight excluding hydrogens is 1110 g/mol. The van der Waals surface area contributed by atoms with Crippen molar-refractivity contribution in [1.82, 2.24) is 13.7 Å². The summed E-state index contributed by atoms with van der Waals surface area (Å²) in [5.41, 5.74) is 14.4. The van der Waals surface area contributed by atoms with Crippen LogP contribution in [0.15, 0.2) is 249 Å². The number of nitriles is 2. The summed E-state index contributed by atoms with van der Waals surface area (Å²) >= 11 is 0. The Balaban J connectivity index is 1.02. The minimum Gasteiger partial charge on any atom is -0.311 e. The molecule has 0 amide bonds. The number of fused-ring (bicyclic) bond motifs is 13. The molecule has 0 atom stereocenters. The van der Waals surface area contributed by atoms with E-state index in [-0.39, 0.29) is 43.9 Å². The molecule has 0 fully saturated rings. The Labute approximate surface area is 545 Å². The van der Waals surface area contributed by atoms with E-state index in [0.29, 0.717) is 61.9 Å². The molecule has 0 radical (unpaired) electrons. The molecule has 0 unspecified atom stereocenters. The minimum absolute atomic E-state index is 0.0281. The first-order valence-electron chi connectivity index (χ1n) is 36.1. The van der Waals surface area contributed by atoms with Gasteiger partial charge in [0.15, 0.2) is 0 Å². The van der Waals surface area contributed by atoms with Crippen LogP contribution in [0, 0.1) is 29.5 Å². The predicted molar refractivity (Wildman–Crippen MR) is 380 cm³/mol. The van der Waals surface area contributed by atoms with Gasteiger partial charge in [0.05, 0.1) is 66.6 Å². The van der Waals surface area contributed by atoms with Crippen molar-refractivity contribution < 1.29 is 15.1 Å². The number of aromatic nitrogens is 3. The molecule has 0 saturated carbocycles. The van der Waals surface area contributed by atoms with Gasteiger partial charge in [0.25, 0.3) is 6.71 Å². The van der Waals surface area contributed by atoms with Crippen molar-refractivity contribution in [2.75, 3.05) is 9.80 Å². The fourth-order valence-corrected chi connectivity index (χ4v) is 14.4. The van der Waals surface area contributed by atoms with Crippen LogP contribution in [-0.2, 0) is 10.8 Å². The number of aryl methyl sites for hydroxylation is 1. The standard InChI is InChI=1S/C83H62BN7/c1-51-40-79-81-80(41-51)91(76-46-58(35-32-54(76)50-86)87-69-26-14-8-20-61(69)62-21-9-15-27-70(62)87)77-44-52(55-42-56(82(2,3)4)45-57(43-55)83(5,6)7)34-38-67(77)84(81)68-39-37-60(88-71-28-16-10-22-63(71)64-23-11-17-29-72(64)88)48-78(68)89(79)59-36-33-53(49-85)75(47-59)90-73-30-18-12-24-65(73)66-25-13-19-31-74(66)90/h8-48H,1-7H3/i1D3,10D,11D,16D,17D,22D,23D,28D,29D. The number of rotatable bonds is 6. The van der Waals surface area contributed by atoms with Gasteiger partial charge in [0.2, 0.25) is 0 Å². The maximum atomic E-state index is 11.7. The molecule has 2 aliphatic rings. The van der Waals surface area contributed by atoms with Crippen molar-refractivity contribution in [3.05, 3.63) is 276 Å². The zero-order chi connectivity index (χ0) is 71.2. The molecular formula is C83H62BN7. The lowest BCUT2D eigenvalue weighted by molar-refractivity contribution is 0.569. The van der Waals surface area contributed by atoms with Crippen molar-refractivity contribution in [1.29, 1.82) is 10.5 Å². The smallest absolute Gasteiger partial charge is 0.252 e. The van der Waals surface area contributed by atoms with E-state index in [9.17, 15) is 20.1 Å². The summed E-state index contributed by atoms with van der Waals surface area (Å²) in [6.45, 7) is 9.73. The van der Waals surface area contributed by atoms with Crippen LogP contribution in [0.3, 0.4) is 0 Å². The molecule has 8 heteroatoms. The molecule has 0 saturated heterocycles. The Bertz CT molecular complexity index is 6120. The number of hydrogen-bond donors (Lipinski definition) is 0. The first-order valence-corrected chi connectivity index (χ1v) is 30.6. The summed E-state index contributed by atoms with van der Waals surface area (Å²) < 4.78 is 108. The van der Waals surface area contributed by atoms with Crippen LogP contribution in [0.25, 0.3) is 93.6 Å². The number of benzene rings is 12. The second-order valence-electron chi connectivity index (χ2n) is 26.0. The third-order valence-corrected chi connectivity index (χ3v) is 18.7. The van der Waals surface area contributed by atoms with Gasteiger partial charge < -0.3 is 23.5 Å². The van der Waals surface area contributed by atoms with Crippen LogP contribution in [-0.4, -0.2) is 20.4 Å². The molecule has 91 heavy (non-hydrogen) atoms. The molecule has 2 aliphatic heterocycles. The second-order valence-corrected chi connectivity index (χ2v) is 26.0. The lowest BCUT2D eigenvalue weighted by Crippen LogP contribution is -2.61. The van der Waals surface area contributed by atoms with Crippen LogP contribution < -0.4 is 26.2 Å². The zero-order valence-corrected chi connectivity index (χ0v) is 50.8. The lowest BCUT2D eigenvalue weighted by Gasteiger charge is -2.45. The monoisotopic (exact) mass is 1180 g/mol. The Morgan fingerprint density at radius 2 is 0.813 bits per heavy atom. The summed E-state index contributed by atoms with van der Waals surface area (Å²) in [5.74, 6) is 0. The maximum Gasteiger partial charge on any atom is 0.252 e. The van der Waals surface area contributed by atoms with Crippen molar-refractivity contribution >= 4 is 123 Å². The summed E-state index contributed by atoms with van der Waals surface area (Å²) in [5, 5.41) is 26.7. The van der Waals surface area contributed by atoms with Crippen LogP contribution in [0.1, 0.15) is 84.4 Å². The molecule has 7 nitrogen and oxygen atoms in total. The molecule has 0 spiro atoms. The SMILES string of the molecule is [2H]c1c([2H])c([2H])c2c(c1[2H])c1c([2H])c([2H])c([2H])c([2H])c1n2-c1ccc2c(c1)N(c1ccc(C#N)c(-n3c4ccccc4c4ccccc43)c1)c1cc(C([2H])([2H])[2H])cc3c1B2c1ccc(-c2cc(C(C)(C)C)cc(C(C)(C)C)c2)cc1N3c1cc(-n2c3ccccc3c3ccccc32)ccc1C#N. The molecule has 5 heterocycles. The molecule has 12 aromatic carbocycles. The highest BCUT2D eigenvalue weighted by Gasteiger charge is 2.45. The minimum atomic E-state index is -2.77. The molecule has 432 valence electrons. The Hall–Kier alpha value is -11.3. The van der Waals surface area contributed by atoms with Gasteiger partial charge in [-0.05, 0) is 165 Å². The van der Waals surface area contributed by atoms with Gasteiger partial charge in [-0.2, -0.15) is 10.5 Å². The Morgan fingerprint density at radius 1 is 0.374 bits per heavy atom. The highest BCUT2D eigenvalue weighted by molar-refractivity contribution is 7.00. The van der Waals surface area contributed by atoms with E-state index in [1.807, 2.05) is 120 Å². The zero-order valence-electron chi connectivity index (χ0n) is 61.8. The average molecular weight is 1180 g/mol. The first-order chi connectivity index (χ1) is 48.8. The van der Waals surface area contributed by atoms with Crippen molar-refractivity contribution in [3.8, 4) is 40.3 Å². The van der Waals surface area contributed by atoms with Gasteiger partial charge >= 0.3 is 0 Å². The van der Waals surface area contributed by atoms with E-state index in [4.69, 9.17) is 5.48 Å². The average Bonchev–Trinajstić information content (AvgIpc) is 1.18. The van der Waals surface area contributed by atoms with E-state index >= 15 is 0 Å². The quantitative estimate of drug-likeness (QED) is 0.156. The highest BCUT2D eigenvalue weighted by Crippen LogP contribution is 2.49. The summed E-state index contributed by atoms with van der Waals surface area (Å²) in [7, 11) is 0. The number of nitrogens with zero attached hydrogens (tertiary/aromatic N) is 7. The van der Waals surface area contributed by atoms with Gasteiger partial charge in [-0.15, -0.1) is 0 Å². The van der Waals surface area contributed by atoms with Gasteiger partial charge in [-0.3, -0.25) is 0 Å². The Morgan fingerprint density at radius 3 is 1.35 bits per heavy atom. The van der Waals surface area contributed by atoms with Gasteiger partial charge in [0.1, 0.15) is 12.1 Å². The fourth-order valence-electron chi connectivity index (χ4n) is 14.4. The van der Waals surface area contributed by atoms with Crippen molar-refractivity contribution in [3.63, 3.8) is 0 Å². The van der Waals surface area contributed by atoms with Crippen LogP contribution in [0.2, 0.25) is 0 Å². The largest absolute Gasteiger partial charge is 0.311 e. The number of hydrogen-bond acceptors (Lipinski definition) is 4. The van der Waals surface area contributed by atoms with Crippen molar-refractivity contribution in [2.24, 2.45) is 0 Å². The van der Waals surface area contributed by atoms with E-state index in [0.717, 1.165) is 77.0 Å². The molecule has 0 aliphatic carbocycles. The van der Waals surface area contributed by atoms with E-state index < -0.39 is 61.9 Å². The van der Waals surface area contributed by atoms with Gasteiger partial charge in [0, 0.05) is 76.2 Å². The van der Waals surface area contributed by atoms with Gasteiger partial charge in [-0.1, -0.05) is 187 Å². The summed E-state index contributed by atoms with van der Waals surface area (Å²) in [4.78, 5) is 4.04. The Kier molecular flexibility index (Phi) is 9.45. The van der Waals surface area contributed by atoms with Gasteiger partial charge in [-0.25, -0.2) is 0 Å². The van der Waals surface area contributed by atoms with Crippen LogP contribution in [0.4, 0.5) is 34.1 Å². The third-order valence-electron chi connectivity index (χ3n) is 18.7. The molecule has 0 N–H and O–H groups in total. The second kappa shape index (κ2) is 19.8. The van der Waals surface area contributed by atoms with Crippen molar-refractivity contribution in [2.45, 2.75) is 59.2 Å². The third kappa shape index (κ3) is 8.12. The first kappa shape index (κ1) is 43.3. The lowest BCUT2D eigenvalue weighted by atomic mass is 9.33. The normalized spacial score (nSPS) is 14.8. The van der Waals surface area contributed by atoms with E-state index in [1.54, 1.807) is 24.3 Å². The van der Waals surface area contributed by atoms with Crippen LogP contribution >= 0.6 is 0 Å². The molecule has 17 rings (SSSR count). The predicted octanol–water partition coefficient (Wildman–Crippen LogP) is 19.4. The van der Waals surface area contributed by atoms with E-state index in [1.165, 1.54) is 4.57 Å². The van der Waals surface area contributed by atoms with E-state index in [2.05, 4.69) is 128 Å². The highest BCUT2D eigenvalue weighted by atomic mass is 15.2. The molecule has 3 aromatic heterocycles. The maximum absolute atomic E-state index is 11.7. The summed E-state index contributed by atoms with van der Waals surface area (Å²) in [6.07, 6.45) is 0. The summed E-state index contributed by atoms with van der Waals surface area (Å²) in [6, 6.07) is 66.8. The molecule has 0 bridgehead atoms. The number of para-hydroxylation sites is 6. The molecule has 15 aromatic rings.